The van der Waals surface area contributed by atoms with Crippen LogP contribution in [0.1, 0.15) is 11.4 Å². The molecule has 0 fully saturated rings. The molecule has 0 aliphatic heterocycles. The van der Waals surface area contributed by atoms with Crippen molar-refractivity contribution >= 4 is 39.0 Å². The van der Waals surface area contributed by atoms with E-state index in [0.717, 1.165) is 16.0 Å². The minimum Gasteiger partial charge on any atom is -0.309 e. The summed E-state index contributed by atoms with van der Waals surface area (Å²) in [6.07, 6.45) is 0. The molecule has 0 unspecified atom stereocenters. The fourth-order valence-electron chi connectivity index (χ4n) is 2.82. The number of hydrogen-bond acceptors (Lipinski definition) is 6. The normalized spacial score (nSPS) is 11.0. The van der Waals surface area contributed by atoms with E-state index in [0.29, 0.717) is 21.8 Å². The first-order chi connectivity index (χ1) is 13.5. The van der Waals surface area contributed by atoms with Gasteiger partial charge in [-0.1, -0.05) is 29.8 Å². The molecule has 0 bridgehead atoms. The van der Waals surface area contributed by atoms with Gasteiger partial charge in [0.1, 0.15) is 10.7 Å². The van der Waals surface area contributed by atoms with Gasteiger partial charge in [-0.3, -0.25) is 14.9 Å². The van der Waals surface area contributed by atoms with Gasteiger partial charge in [-0.25, -0.2) is 4.98 Å². The van der Waals surface area contributed by atoms with Gasteiger partial charge in [0.2, 0.25) is 0 Å². The zero-order valence-electron chi connectivity index (χ0n) is 14.8. The monoisotopic (exact) mass is 409 g/mol. The topological polar surface area (TPSA) is 88.9 Å². The van der Waals surface area contributed by atoms with Crippen molar-refractivity contribution in [1.29, 1.82) is 0 Å². The van der Waals surface area contributed by atoms with Crippen LogP contribution in [0.3, 0.4) is 0 Å². The van der Waals surface area contributed by atoms with Gasteiger partial charge in [0.05, 0.1) is 16.1 Å². The van der Waals surface area contributed by atoms with Crippen LogP contribution >= 0.6 is 23.1 Å². The average molecular weight is 409 g/mol. The number of hydrogen-bond donors (Lipinski definition) is 1. The quantitative estimate of drug-likeness (QED) is 0.279. The van der Waals surface area contributed by atoms with E-state index in [1.807, 2.05) is 36.6 Å². The van der Waals surface area contributed by atoms with Crippen molar-refractivity contribution in [3.05, 3.63) is 85.8 Å². The van der Waals surface area contributed by atoms with E-state index in [1.54, 1.807) is 12.1 Å². The van der Waals surface area contributed by atoms with Crippen LogP contribution in [0, 0.1) is 17.0 Å². The molecule has 0 radical (unpaired) electrons. The summed E-state index contributed by atoms with van der Waals surface area (Å²) in [7, 11) is 0. The van der Waals surface area contributed by atoms with E-state index in [9.17, 15) is 14.9 Å². The third-order valence-electron chi connectivity index (χ3n) is 4.28. The number of thioether (sulfide) groups is 1. The van der Waals surface area contributed by atoms with Gasteiger partial charge in [-0.2, -0.15) is 0 Å². The molecule has 28 heavy (non-hydrogen) atoms. The highest BCUT2D eigenvalue weighted by molar-refractivity contribution is 7.98. The van der Waals surface area contributed by atoms with Crippen LogP contribution in [0.5, 0.6) is 0 Å². The van der Waals surface area contributed by atoms with E-state index < -0.39 is 4.92 Å². The second kappa shape index (κ2) is 7.57. The summed E-state index contributed by atoms with van der Waals surface area (Å²) in [5.74, 6) is 1.05. The van der Waals surface area contributed by atoms with Crippen molar-refractivity contribution in [2.45, 2.75) is 17.6 Å². The number of aromatic amines is 1. The van der Waals surface area contributed by atoms with Gasteiger partial charge in [0, 0.05) is 28.0 Å². The van der Waals surface area contributed by atoms with Gasteiger partial charge in [0.25, 0.3) is 11.2 Å². The lowest BCUT2D eigenvalue weighted by atomic mass is 10.1. The van der Waals surface area contributed by atoms with Gasteiger partial charge in [-0.05, 0) is 24.6 Å². The molecular formula is C20H15N3O3S2. The predicted molar refractivity (Wildman–Crippen MR) is 113 cm³/mol. The molecule has 0 spiro atoms. The predicted octanol–water partition coefficient (Wildman–Crippen LogP) is 5.16. The Bertz CT molecular complexity index is 1210. The summed E-state index contributed by atoms with van der Waals surface area (Å²) in [6, 6.07) is 14.4. The molecule has 4 aromatic rings. The molecule has 0 saturated heterocycles. The van der Waals surface area contributed by atoms with Crippen molar-refractivity contribution < 1.29 is 4.92 Å². The largest absolute Gasteiger partial charge is 0.309 e. The third-order valence-corrected chi connectivity index (χ3v) is 6.17. The number of H-pyrrole nitrogens is 1. The van der Waals surface area contributed by atoms with E-state index in [4.69, 9.17) is 0 Å². The number of fused-ring (bicyclic) bond motifs is 1. The molecule has 4 rings (SSSR count). The van der Waals surface area contributed by atoms with Crippen molar-refractivity contribution in [2.24, 2.45) is 0 Å². The van der Waals surface area contributed by atoms with Crippen LogP contribution in [-0.4, -0.2) is 14.9 Å². The lowest BCUT2D eigenvalue weighted by Crippen LogP contribution is -2.10. The van der Waals surface area contributed by atoms with Crippen LogP contribution in [0.15, 0.2) is 63.6 Å². The highest BCUT2D eigenvalue weighted by Crippen LogP contribution is 2.31. The first-order valence-electron chi connectivity index (χ1n) is 8.46. The minimum atomic E-state index is -0.427. The van der Waals surface area contributed by atoms with Crippen LogP contribution in [0.4, 0.5) is 5.69 Å². The fourth-order valence-corrected chi connectivity index (χ4v) is 4.56. The number of aryl methyl sites for hydroxylation is 1. The highest BCUT2D eigenvalue weighted by atomic mass is 32.2. The molecule has 0 amide bonds. The van der Waals surface area contributed by atoms with E-state index in [1.165, 1.54) is 40.8 Å². The van der Waals surface area contributed by atoms with Crippen LogP contribution in [-0.2, 0) is 5.75 Å². The molecule has 8 heteroatoms. The summed E-state index contributed by atoms with van der Waals surface area (Å²) in [5, 5.41) is 13.3. The molecular weight excluding hydrogens is 394 g/mol. The number of nitrogens with zero attached hydrogens (tertiary/aromatic N) is 2. The number of nitrogens with one attached hydrogen (secondary N) is 1. The van der Waals surface area contributed by atoms with E-state index in [2.05, 4.69) is 9.97 Å². The Morgan fingerprint density at radius 1 is 1.14 bits per heavy atom. The van der Waals surface area contributed by atoms with Crippen LogP contribution < -0.4 is 5.56 Å². The maximum atomic E-state index is 12.7. The highest BCUT2D eigenvalue weighted by Gasteiger charge is 2.13. The van der Waals surface area contributed by atoms with E-state index in [-0.39, 0.29) is 11.2 Å². The Hall–Kier alpha value is -2.97. The lowest BCUT2D eigenvalue weighted by Gasteiger charge is -2.03. The Balaban J connectivity index is 1.59. The number of benzene rings is 2. The molecule has 2 aromatic carbocycles. The second-order valence-electron chi connectivity index (χ2n) is 6.25. The molecule has 140 valence electrons. The lowest BCUT2D eigenvalue weighted by molar-refractivity contribution is -0.384. The van der Waals surface area contributed by atoms with E-state index >= 15 is 0 Å². The standard InChI is InChI=1S/C20H15N3O3S2/c1-12-2-4-13(5-3-12)16-10-28-20-18(16)19(24)21-17(22-20)11-27-15-8-6-14(7-9-15)23(25)26/h2-10H,11H2,1H3,(H,21,22,24). The maximum absolute atomic E-state index is 12.7. The molecule has 2 heterocycles. The molecule has 2 aromatic heterocycles. The van der Waals surface area contributed by atoms with Crippen molar-refractivity contribution in [1.82, 2.24) is 9.97 Å². The van der Waals surface area contributed by atoms with Gasteiger partial charge in [0.15, 0.2) is 0 Å². The number of aromatic nitrogens is 2. The van der Waals surface area contributed by atoms with Gasteiger partial charge < -0.3 is 4.98 Å². The smallest absolute Gasteiger partial charge is 0.269 e. The zero-order chi connectivity index (χ0) is 19.7. The summed E-state index contributed by atoms with van der Waals surface area (Å²) >= 11 is 2.92. The number of thiophene rings is 1. The van der Waals surface area contributed by atoms with Crippen molar-refractivity contribution in [2.75, 3.05) is 0 Å². The molecule has 0 saturated carbocycles. The first kappa shape index (κ1) is 18.4. The minimum absolute atomic E-state index is 0.0551. The molecule has 0 atom stereocenters. The van der Waals surface area contributed by atoms with Crippen molar-refractivity contribution in [3.8, 4) is 11.1 Å². The Morgan fingerprint density at radius 2 is 1.86 bits per heavy atom. The summed E-state index contributed by atoms with van der Waals surface area (Å²) in [4.78, 5) is 32.0. The number of non-ortho nitro benzene ring substituents is 1. The fraction of sp³-hybridized carbons (Fsp3) is 0.100. The van der Waals surface area contributed by atoms with Gasteiger partial charge >= 0.3 is 0 Å². The Labute approximate surface area is 168 Å². The van der Waals surface area contributed by atoms with Crippen molar-refractivity contribution in [3.63, 3.8) is 0 Å². The van der Waals surface area contributed by atoms with Crippen LogP contribution in [0.2, 0.25) is 0 Å². The maximum Gasteiger partial charge on any atom is 0.269 e. The molecule has 0 aliphatic carbocycles. The second-order valence-corrected chi connectivity index (χ2v) is 8.15. The first-order valence-corrected chi connectivity index (χ1v) is 10.3. The summed E-state index contributed by atoms with van der Waals surface area (Å²) in [6.45, 7) is 2.03. The van der Waals surface area contributed by atoms with Crippen LogP contribution in [0.25, 0.3) is 21.3 Å². The SMILES string of the molecule is Cc1ccc(-c2csc3nc(CSc4ccc([N+](=O)[O-])cc4)[nH]c(=O)c23)cc1. The third kappa shape index (κ3) is 3.69. The Kier molecular flexibility index (Phi) is 4.97. The summed E-state index contributed by atoms with van der Waals surface area (Å²) < 4.78 is 0. The average Bonchev–Trinajstić information content (AvgIpc) is 3.12. The molecule has 1 N–H and O–H groups in total. The molecule has 0 aliphatic rings. The van der Waals surface area contributed by atoms with Gasteiger partial charge in [-0.15, -0.1) is 23.1 Å². The zero-order valence-corrected chi connectivity index (χ0v) is 16.5. The molecule has 6 nitrogen and oxygen atoms in total. The Morgan fingerprint density at radius 3 is 2.54 bits per heavy atom. The summed E-state index contributed by atoms with van der Waals surface area (Å²) in [5.41, 5.74) is 2.96. The number of nitro benzene ring substituents is 1. The number of nitro groups is 1. The number of rotatable bonds is 5.